The topological polar surface area (TPSA) is 44.9 Å². The molecule has 0 saturated carbocycles. The third-order valence-corrected chi connectivity index (χ3v) is 6.22. The van der Waals surface area contributed by atoms with Crippen LogP contribution in [0.25, 0.3) is 22.0 Å². The zero-order chi connectivity index (χ0) is 19.8. The van der Waals surface area contributed by atoms with Crippen LogP contribution < -0.4 is 0 Å². The number of ether oxygens (including phenoxy) is 1. The second-order valence-corrected chi connectivity index (χ2v) is 13.7. The van der Waals surface area contributed by atoms with Gasteiger partial charge in [-0.3, -0.25) is 0 Å². The van der Waals surface area contributed by atoms with E-state index in [1.165, 1.54) is 4.68 Å². The van der Waals surface area contributed by atoms with Crippen molar-refractivity contribution in [1.82, 2.24) is 19.3 Å². The Hall–Kier alpha value is -1.44. The van der Waals surface area contributed by atoms with E-state index in [4.69, 9.17) is 7.48 Å². The van der Waals surface area contributed by atoms with Crippen LogP contribution in [0.2, 0.25) is 25.7 Å². The van der Waals surface area contributed by atoms with Gasteiger partial charge < -0.3 is 9.30 Å². The summed E-state index contributed by atoms with van der Waals surface area (Å²) in [5, 5.41) is 5.19. The molecule has 3 rings (SSSR count). The number of fused-ring (bicyclic) bond motifs is 1. The molecule has 7 heteroatoms. The minimum absolute atomic E-state index is 0.0943. The van der Waals surface area contributed by atoms with Crippen LogP contribution >= 0.6 is 15.9 Å². The van der Waals surface area contributed by atoms with E-state index in [9.17, 15) is 0 Å². The van der Waals surface area contributed by atoms with Crippen LogP contribution in [-0.4, -0.2) is 34.0 Å². The highest BCUT2D eigenvalue weighted by atomic mass is 79.9. The van der Waals surface area contributed by atoms with Crippen molar-refractivity contribution in [2.75, 3.05) is 6.61 Å². The highest BCUT2D eigenvalue weighted by Gasteiger charge is 2.14. The van der Waals surface area contributed by atoms with E-state index in [0.29, 0.717) is 12.2 Å². The van der Waals surface area contributed by atoms with Gasteiger partial charge in [-0.15, -0.1) is 0 Å². The summed E-state index contributed by atoms with van der Waals surface area (Å²) in [6.07, 6.45) is 4.08. The van der Waals surface area contributed by atoms with Gasteiger partial charge in [-0.1, -0.05) is 19.6 Å². The number of hydrogen-bond donors (Lipinski definition) is 0. The van der Waals surface area contributed by atoms with Gasteiger partial charge in [0.2, 0.25) is 0 Å². The minimum Gasteiger partial charge on any atom is -0.360 e. The van der Waals surface area contributed by atoms with Crippen LogP contribution in [0.3, 0.4) is 0 Å². The van der Waals surface area contributed by atoms with E-state index in [-0.39, 0.29) is 19.1 Å². The largest absolute Gasteiger partial charge is 0.360 e. The van der Waals surface area contributed by atoms with Crippen LogP contribution in [0.15, 0.2) is 35.4 Å². The Morgan fingerprint density at radius 1 is 1.36 bits per heavy atom. The molecule has 5 nitrogen and oxygen atoms in total. The second kappa shape index (κ2) is 7.43. The Labute approximate surface area is 161 Å². The SMILES string of the molecule is [2H]c1nn(COCC[Si](C)(C)C)c([2H])c1-c1cn(CC)c2cnc(Br)cc12. The van der Waals surface area contributed by atoms with Crippen LogP contribution in [0, 0.1) is 0 Å². The van der Waals surface area contributed by atoms with Gasteiger partial charge >= 0.3 is 0 Å². The zero-order valence-corrected chi connectivity index (χ0v) is 17.7. The molecular weight excluding hydrogens is 396 g/mol. The predicted molar refractivity (Wildman–Crippen MR) is 108 cm³/mol. The van der Waals surface area contributed by atoms with Gasteiger partial charge in [-0.2, -0.15) is 5.10 Å². The Morgan fingerprint density at radius 3 is 2.88 bits per heavy atom. The van der Waals surface area contributed by atoms with Gasteiger partial charge in [-0.05, 0) is 35.0 Å². The van der Waals surface area contributed by atoms with Gasteiger partial charge in [0.1, 0.15) is 11.3 Å². The molecule has 3 heterocycles. The molecule has 134 valence electrons. The lowest BCUT2D eigenvalue weighted by atomic mass is 10.1. The smallest absolute Gasteiger partial charge is 0.139 e. The van der Waals surface area contributed by atoms with Gasteiger partial charge in [0, 0.05) is 50.1 Å². The van der Waals surface area contributed by atoms with E-state index in [1.54, 1.807) is 0 Å². The Bertz CT molecular complexity index is 965. The molecule has 3 aromatic heterocycles. The first-order valence-electron chi connectivity index (χ1n) is 9.47. The predicted octanol–water partition coefficient (Wildman–Crippen LogP) is 4.99. The van der Waals surface area contributed by atoms with E-state index >= 15 is 0 Å². The van der Waals surface area contributed by atoms with Crippen LogP contribution in [0.1, 0.15) is 9.67 Å². The molecule has 0 amide bonds. The molecule has 25 heavy (non-hydrogen) atoms. The molecule has 0 aliphatic heterocycles. The summed E-state index contributed by atoms with van der Waals surface area (Å²) < 4.78 is 26.8. The lowest BCUT2D eigenvalue weighted by Crippen LogP contribution is -2.22. The molecule has 0 bridgehead atoms. The molecule has 3 aromatic rings. The number of aryl methyl sites for hydroxylation is 1. The van der Waals surface area contributed by atoms with Crippen molar-refractivity contribution >= 4 is 34.9 Å². The summed E-state index contributed by atoms with van der Waals surface area (Å²) in [4.78, 5) is 4.31. The number of rotatable bonds is 7. The molecule has 0 spiro atoms. The number of nitrogens with zero attached hydrogens (tertiary/aromatic N) is 4. The van der Waals surface area contributed by atoms with E-state index in [0.717, 1.165) is 33.7 Å². The molecule has 0 radical (unpaired) electrons. The maximum Gasteiger partial charge on any atom is 0.139 e. The number of aromatic nitrogens is 4. The first kappa shape index (κ1) is 15.8. The van der Waals surface area contributed by atoms with E-state index in [2.05, 4.69) is 57.1 Å². The Balaban J connectivity index is 1.93. The summed E-state index contributed by atoms with van der Waals surface area (Å²) in [6.45, 7) is 10.6. The summed E-state index contributed by atoms with van der Waals surface area (Å²) >= 11 is 3.42. The van der Waals surface area contributed by atoms with Crippen molar-refractivity contribution in [1.29, 1.82) is 0 Å². The molecule has 0 N–H and O–H groups in total. The average Bonchev–Trinajstić information content (AvgIpc) is 3.07. The fraction of sp³-hybridized carbons (Fsp3) is 0.444. The monoisotopic (exact) mass is 422 g/mol. The van der Waals surface area contributed by atoms with Gasteiger partial charge in [-0.25, -0.2) is 9.67 Å². The van der Waals surface area contributed by atoms with Crippen LogP contribution in [0.5, 0.6) is 0 Å². The van der Waals surface area contributed by atoms with Gasteiger partial charge in [0.05, 0.1) is 20.6 Å². The Morgan fingerprint density at radius 2 is 2.16 bits per heavy atom. The lowest BCUT2D eigenvalue weighted by molar-refractivity contribution is 0.0786. The van der Waals surface area contributed by atoms with Crippen molar-refractivity contribution in [3.63, 3.8) is 0 Å². The van der Waals surface area contributed by atoms with Crippen LogP contribution in [-0.2, 0) is 18.0 Å². The fourth-order valence-corrected chi connectivity index (χ4v) is 3.71. The molecule has 0 saturated heterocycles. The molecule has 0 aliphatic carbocycles. The third kappa shape index (κ3) is 4.40. The second-order valence-electron chi connectivity index (χ2n) is 7.30. The summed E-state index contributed by atoms with van der Waals surface area (Å²) in [5.41, 5.74) is 2.34. The van der Waals surface area contributed by atoms with E-state index in [1.807, 2.05) is 18.5 Å². The molecule has 0 fully saturated rings. The first-order valence-corrected chi connectivity index (χ1v) is 13.0. The normalized spacial score (nSPS) is 13.3. The number of pyridine rings is 1. The Kier molecular flexibility index (Phi) is 4.69. The fourth-order valence-electron chi connectivity index (χ4n) is 2.62. The zero-order valence-electron chi connectivity index (χ0n) is 17.1. The highest BCUT2D eigenvalue weighted by molar-refractivity contribution is 9.10. The van der Waals surface area contributed by atoms with Crippen molar-refractivity contribution in [3.05, 3.63) is 35.4 Å². The highest BCUT2D eigenvalue weighted by Crippen LogP contribution is 2.31. The van der Waals surface area contributed by atoms with Gasteiger partial charge in [0.15, 0.2) is 0 Å². The first-order chi connectivity index (χ1) is 12.7. The maximum atomic E-state index is 8.53. The standard InChI is InChI=1S/C18H25BrN4OSi/c1-5-22-12-16(15-8-18(19)20-10-17(15)22)14-9-21-23(11-14)13-24-6-7-25(2,3)4/h8-12H,5-7,13H2,1-4H3/i9D,11D. The van der Waals surface area contributed by atoms with E-state index < -0.39 is 8.07 Å². The molecular formula is C18H25BrN4OSi. The average molecular weight is 423 g/mol. The molecule has 0 aromatic carbocycles. The molecule has 0 aliphatic rings. The third-order valence-electron chi connectivity index (χ3n) is 4.08. The van der Waals surface area contributed by atoms with Crippen molar-refractivity contribution in [2.24, 2.45) is 0 Å². The van der Waals surface area contributed by atoms with Crippen molar-refractivity contribution in [2.45, 2.75) is 45.9 Å². The summed E-state index contributed by atoms with van der Waals surface area (Å²) in [6, 6.07) is 2.99. The lowest BCUT2D eigenvalue weighted by Gasteiger charge is -2.15. The number of hydrogen-bond acceptors (Lipinski definition) is 3. The summed E-state index contributed by atoms with van der Waals surface area (Å²) in [7, 11) is -1.16. The van der Waals surface area contributed by atoms with Gasteiger partial charge in [0.25, 0.3) is 0 Å². The number of halogens is 1. The maximum absolute atomic E-state index is 8.53. The van der Waals surface area contributed by atoms with Crippen molar-refractivity contribution < 1.29 is 7.48 Å². The molecule has 0 unspecified atom stereocenters. The van der Waals surface area contributed by atoms with Crippen molar-refractivity contribution in [3.8, 4) is 11.1 Å². The summed E-state index contributed by atoms with van der Waals surface area (Å²) in [5.74, 6) is 0. The quantitative estimate of drug-likeness (QED) is 0.305. The minimum atomic E-state index is -1.16. The molecule has 0 atom stereocenters. The van der Waals surface area contributed by atoms with Crippen LogP contribution in [0.4, 0.5) is 0 Å².